The van der Waals surface area contributed by atoms with Gasteiger partial charge in [0.05, 0.1) is 5.69 Å². The smallest absolute Gasteiger partial charge is 0.316 e. The number of carbonyl (C=O) groups excluding carboxylic acids is 2. The number of nitrogens with one attached hydrogen (secondary N) is 1. The van der Waals surface area contributed by atoms with Crippen LogP contribution in [-0.4, -0.2) is 34.4 Å². The van der Waals surface area contributed by atoms with Crippen LogP contribution in [-0.2, 0) is 14.3 Å². The number of hydrogen-bond donors (Lipinski definition) is 1. The number of rotatable bonds is 6. The van der Waals surface area contributed by atoms with Gasteiger partial charge in [-0.2, -0.15) is 0 Å². The Kier molecular flexibility index (Phi) is 4.80. The van der Waals surface area contributed by atoms with E-state index in [-0.39, 0.29) is 11.6 Å². The summed E-state index contributed by atoms with van der Waals surface area (Å²) in [6, 6.07) is 8.85. The minimum absolute atomic E-state index is 0.0124. The maximum Gasteiger partial charge on any atom is 0.316 e. The molecule has 9 heteroatoms. The number of anilines is 1. The number of hydrogen-bond acceptors (Lipinski definition) is 8. The van der Waals surface area contributed by atoms with Crippen molar-refractivity contribution in [1.29, 1.82) is 0 Å². The van der Waals surface area contributed by atoms with Crippen LogP contribution in [0, 0.1) is 6.92 Å². The Bertz CT molecular complexity index is 840. The second-order valence-corrected chi connectivity index (χ2v) is 5.70. The van der Waals surface area contributed by atoms with Crippen molar-refractivity contribution in [2.24, 2.45) is 0 Å². The summed E-state index contributed by atoms with van der Waals surface area (Å²) in [6.07, 6.45) is 0. The van der Waals surface area contributed by atoms with Crippen LogP contribution in [0.25, 0.3) is 11.1 Å². The number of aromatic nitrogens is 2. The highest BCUT2D eigenvalue weighted by Gasteiger charge is 2.12. The van der Waals surface area contributed by atoms with Crippen LogP contribution in [0.2, 0.25) is 0 Å². The molecule has 0 atom stereocenters. The number of esters is 1. The Morgan fingerprint density at radius 2 is 2.17 bits per heavy atom. The number of para-hydroxylation sites is 2. The monoisotopic (exact) mass is 347 g/mol. The van der Waals surface area contributed by atoms with Crippen molar-refractivity contribution in [3.63, 3.8) is 0 Å². The Morgan fingerprint density at radius 1 is 1.33 bits per heavy atom. The van der Waals surface area contributed by atoms with Crippen LogP contribution in [0.4, 0.5) is 5.88 Å². The van der Waals surface area contributed by atoms with Crippen molar-refractivity contribution in [1.82, 2.24) is 10.1 Å². The predicted molar refractivity (Wildman–Crippen MR) is 85.6 cm³/mol. The van der Waals surface area contributed by atoms with Gasteiger partial charge in [-0.1, -0.05) is 29.1 Å². The van der Waals surface area contributed by atoms with E-state index in [0.717, 1.165) is 17.3 Å². The van der Waals surface area contributed by atoms with Crippen molar-refractivity contribution in [2.45, 2.75) is 12.1 Å². The van der Waals surface area contributed by atoms with Crippen LogP contribution in [0.1, 0.15) is 5.69 Å². The van der Waals surface area contributed by atoms with E-state index < -0.39 is 18.5 Å². The number of amides is 1. The lowest BCUT2D eigenvalue weighted by atomic mass is 10.3. The zero-order chi connectivity index (χ0) is 16.9. The van der Waals surface area contributed by atoms with Gasteiger partial charge in [0.2, 0.25) is 5.88 Å². The minimum atomic E-state index is -0.550. The molecule has 0 unspecified atom stereocenters. The molecule has 0 saturated carbocycles. The Morgan fingerprint density at radius 3 is 2.92 bits per heavy atom. The van der Waals surface area contributed by atoms with Gasteiger partial charge in [-0.3, -0.25) is 14.9 Å². The SMILES string of the molecule is Cc1cc(NC(=O)COC(=O)CSc2nc3ccccc3o2)on1. The van der Waals surface area contributed by atoms with Crippen molar-refractivity contribution in [2.75, 3.05) is 17.7 Å². The summed E-state index contributed by atoms with van der Waals surface area (Å²) in [5, 5.41) is 6.42. The van der Waals surface area contributed by atoms with E-state index in [1.54, 1.807) is 19.1 Å². The van der Waals surface area contributed by atoms with Crippen molar-refractivity contribution in [3.8, 4) is 0 Å². The molecule has 0 aliphatic rings. The average molecular weight is 347 g/mol. The molecule has 0 saturated heterocycles. The van der Waals surface area contributed by atoms with Crippen molar-refractivity contribution in [3.05, 3.63) is 36.0 Å². The second-order valence-electron chi connectivity index (χ2n) is 4.78. The molecule has 0 bridgehead atoms. The summed E-state index contributed by atoms with van der Waals surface area (Å²) in [5.41, 5.74) is 2.00. The predicted octanol–water partition coefficient (Wildman–Crippen LogP) is 2.40. The molecule has 124 valence electrons. The van der Waals surface area contributed by atoms with Crippen LogP contribution in [0.3, 0.4) is 0 Å². The summed E-state index contributed by atoms with van der Waals surface area (Å²) in [7, 11) is 0. The van der Waals surface area contributed by atoms with Crippen molar-refractivity contribution >= 4 is 40.6 Å². The van der Waals surface area contributed by atoms with E-state index in [9.17, 15) is 9.59 Å². The lowest BCUT2D eigenvalue weighted by molar-refractivity contribution is -0.144. The van der Waals surface area contributed by atoms with E-state index in [4.69, 9.17) is 13.7 Å². The topological polar surface area (TPSA) is 107 Å². The molecule has 8 nitrogen and oxygen atoms in total. The van der Waals surface area contributed by atoms with Crippen LogP contribution < -0.4 is 5.32 Å². The number of fused-ring (bicyclic) bond motifs is 1. The molecule has 0 radical (unpaired) electrons. The zero-order valence-electron chi connectivity index (χ0n) is 12.6. The van der Waals surface area contributed by atoms with Crippen LogP contribution in [0.5, 0.6) is 0 Å². The number of ether oxygens (including phenoxy) is 1. The summed E-state index contributed by atoms with van der Waals surface area (Å²) in [5.74, 6) is -0.867. The molecule has 2 heterocycles. The first-order chi connectivity index (χ1) is 11.6. The Labute approximate surface area is 140 Å². The zero-order valence-corrected chi connectivity index (χ0v) is 13.5. The quantitative estimate of drug-likeness (QED) is 0.535. The van der Waals surface area contributed by atoms with Crippen molar-refractivity contribution < 1.29 is 23.3 Å². The number of carbonyl (C=O) groups is 2. The fraction of sp³-hybridized carbons (Fsp3) is 0.200. The lowest BCUT2D eigenvalue weighted by Crippen LogP contribution is -2.21. The molecule has 0 fully saturated rings. The van der Waals surface area contributed by atoms with E-state index in [1.165, 1.54) is 0 Å². The lowest BCUT2D eigenvalue weighted by Gasteiger charge is -2.03. The molecule has 3 aromatic rings. The van der Waals surface area contributed by atoms with Crippen LogP contribution >= 0.6 is 11.8 Å². The third-order valence-electron chi connectivity index (χ3n) is 2.84. The Balaban J connectivity index is 1.43. The maximum absolute atomic E-state index is 11.7. The van der Waals surface area contributed by atoms with Gasteiger partial charge in [0.15, 0.2) is 12.2 Å². The number of thioether (sulfide) groups is 1. The van der Waals surface area contributed by atoms with Gasteiger partial charge in [0, 0.05) is 6.07 Å². The molecule has 0 aliphatic heterocycles. The first kappa shape index (κ1) is 16.1. The summed E-state index contributed by atoms with van der Waals surface area (Å²) in [6.45, 7) is 1.31. The molecular weight excluding hydrogens is 334 g/mol. The van der Waals surface area contributed by atoms with Gasteiger partial charge in [-0.25, -0.2) is 4.98 Å². The molecule has 0 aliphatic carbocycles. The highest BCUT2D eigenvalue weighted by Crippen LogP contribution is 2.23. The number of aryl methyl sites for hydroxylation is 1. The molecule has 1 N–H and O–H groups in total. The van der Waals surface area contributed by atoms with E-state index in [0.29, 0.717) is 16.5 Å². The summed E-state index contributed by atoms with van der Waals surface area (Å²) < 4.78 is 15.2. The third kappa shape index (κ3) is 4.13. The number of benzene rings is 1. The second kappa shape index (κ2) is 7.18. The summed E-state index contributed by atoms with van der Waals surface area (Å²) in [4.78, 5) is 27.5. The van der Waals surface area contributed by atoms with E-state index in [2.05, 4.69) is 15.5 Å². The fourth-order valence-corrected chi connectivity index (χ4v) is 2.45. The molecule has 0 spiro atoms. The van der Waals surface area contributed by atoms with E-state index >= 15 is 0 Å². The highest BCUT2D eigenvalue weighted by molar-refractivity contribution is 7.99. The van der Waals surface area contributed by atoms with Gasteiger partial charge >= 0.3 is 5.97 Å². The fourth-order valence-electron chi connectivity index (χ4n) is 1.82. The largest absolute Gasteiger partial charge is 0.455 e. The standard InChI is InChI=1S/C15H13N3O5S/c1-9-6-13(23-18-9)17-12(19)7-21-14(20)8-24-15-16-10-4-2-3-5-11(10)22-15/h2-6H,7-8H2,1H3,(H,17,19). The molecule has 1 amide bonds. The van der Waals surface area contributed by atoms with Gasteiger partial charge in [0.25, 0.3) is 11.1 Å². The average Bonchev–Trinajstić information content (AvgIpc) is 3.16. The molecule has 1 aromatic carbocycles. The van der Waals surface area contributed by atoms with E-state index in [1.807, 2.05) is 18.2 Å². The molecule has 3 rings (SSSR count). The highest BCUT2D eigenvalue weighted by atomic mass is 32.2. The van der Waals surface area contributed by atoms with Gasteiger partial charge in [0.1, 0.15) is 11.3 Å². The molecule has 2 aromatic heterocycles. The third-order valence-corrected chi connectivity index (χ3v) is 3.64. The normalized spacial score (nSPS) is 10.7. The Hall–Kier alpha value is -2.81. The minimum Gasteiger partial charge on any atom is -0.455 e. The molecule has 24 heavy (non-hydrogen) atoms. The number of nitrogens with zero attached hydrogens (tertiary/aromatic N) is 2. The maximum atomic E-state index is 11.7. The summed E-state index contributed by atoms with van der Waals surface area (Å²) >= 11 is 1.10. The number of oxazole rings is 1. The van der Waals surface area contributed by atoms with Gasteiger partial charge in [-0.05, 0) is 19.1 Å². The van der Waals surface area contributed by atoms with Gasteiger partial charge in [-0.15, -0.1) is 0 Å². The van der Waals surface area contributed by atoms with Gasteiger partial charge < -0.3 is 13.7 Å². The molecular formula is C15H13N3O5S. The van der Waals surface area contributed by atoms with Crippen LogP contribution in [0.15, 0.2) is 44.5 Å². The first-order valence-corrected chi connectivity index (χ1v) is 7.96. The first-order valence-electron chi connectivity index (χ1n) is 6.97.